The highest BCUT2D eigenvalue weighted by Crippen LogP contribution is 2.45. The van der Waals surface area contributed by atoms with Crippen LogP contribution in [0, 0.1) is 0 Å². The SMILES string of the molecule is CC(C)(c1cc(Cl)c(OC(=O)C(Cl)(Cl)Cl)c(Cl)c1)c1cc(Cl)c(OC(=O)C(Cl)(Cl)Cl)c(Cl)c1. The average molecular weight is 657 g/mol. The molecule has 33 heavy (non-hydrogen) atoms. The molecular formula is C19H10Cl10O4. The van der Waals surface area contributed by atoms with E-state index >= 15 is 0 Å². The third-order valence-electron chi connectivity index (χ3n) is 4.29. The maximum Gasteiger partial charge on any atom is 0.364 e. The van der Waals surface area contributed by atoms with E-state index in [4.69, 9.17) is 125 Å². The van der Waals surface area contributed by atoms with Crippen LogP contribution in [0.25, 0.3) is 0 Å². The predicted octanol–water partition coefficient (Wildman–Crippen LogP) is 9.18. The first-order valence-electron chi connectivity index (χ1n) is 8.42. The van der Waals surface area contributed by atoms with E-state index in [1.807, 2.05) is 13.8 Å². The zero-order valence-electron chi connectivity index (χ0n) is 16.2. The van der Waals surface area contributed by atoms with Gasteiger partial charge in [-0.15, -0.1) is 0 Å². The van der Waals surface area contributed by atoms with Crippen molar-refractivity contribution in [3.05, 3.63) is 55.5 Å². The second-order valence-electron chi connectivity index (χ2n) is 6.94. The van der Waals surface area contributed by atoms with Crippen molar-refractivity contribution in [3.8, 4) is 11.5 Å². The highest BCUT2D eigenvalue weighted by Gasteiger charge is 2.36. The van der Waals surface area contributed by atoms with Gasteiger partial charge in [-0.25, -0.2) is 9.59 Å². The summed E-state index contributed by atoms with van der Waals surface area (Å²) in [7, 11) is 0. The van der Waals surface area contributed by atoms with Crippen LogP contribution < -0.4 is 9.47 Å². The van der Waals surface area contributed by atoms with Gasteiger partial charge in [0, 0.05) is 5.41 Å². The fraction of sp³-hybridized carbons (Fsp3) is 0.263. The highest BCUT2D eigenvalue weighted by molar-refractivity contribution is 6.76. The Balaban J connectivity index is 2.46. The molecule has 2 rings (SSSR count). The molecule has 0 aliphatic carbocycles. The minimum atomic E-state index is -2.32. The fourth-order valence-electron chi connectivity index (χ4n) is 2.50. The topological polar surface area (TPSA) is 52.6 Å². The van der Waals surface area contributed by atoms with Crippen LogP contribution in [0.2, 0.25) is 20.1 Å². The van der Waals surface area contributed by atoms with Gasteiger partial charge in [0.2, 0.25) is 0 Å². The van der Waals surface area contributed by atoms with E-state index < -0.39 is 24.9 Å². The first-order valence-corrected chi connectivity index (χ1v) is 12.2. The molecule has 0 atom stereocenters. The summed E-state index contributed by atoms with van der Waals surface area (Å²) in [4.78, 5) is 23.7. The normalized spacial score (nSPS) is 12.5. The molecule has 0 aliphatic heterocycles. The van der Waals surface area contributed by atoms with Gasteiger partial charge in [-0.2, -0.15) is 0 Å². The van der Waals surface area contributed by atoms with Crippen molar-refractivity contribution in [3.63, 3.8) is 0 Å². The number of carbonyl (C=O) groups is 2. The van der Waals surface area contributed by atoms with Crippen LogP contribution in [0.4, 0.5) is 0 Å². The molecule has 4 nitrogen and oxygen atoms in total. The van der Waals surface area contributed by atoms with Crippen LogP contribution in [-0.2, 0) is 15.0 Å². The molecule has 2 aromatic rings. The van der Waals surface area contributed by atoms with Crippen molar-refractivity contribution in [1.29, 1.82) is 0 Å². The average Bonchev–Trinajstić information content (AvgIpc) is 2.65. The van der Waals surface area contributed by atoms with Gasteiger partial charge in [0.05, 0.1) is 20.1 Å². The molecule has 0 heterocycles. The molecule has 0 aliphatic rings. The predicted molar refractivity (Wildman–Crippen MR) is 137 cm³/mol. The molecule has 0 spiro atoms. The Morgan fingerprint density at radius 2 is 0.848 bits per heavy atom. The zero-order chi connectivity index (χ0) is 25.5. The number of benzene rings is 2. The van der Waals surface area contributed by atoms with Gasteiger partial charge < -0.3 is 9.47 Å². The maximum atomic E-state index is 11.9. The minimum Gasteiger partial charge on any atom is -0.420 e. The van der Waals surface area contributed by atoms with Crippen LogP contribution >= 0.6 is 116 Å². The number of alkyl halides is 6. The first kappa shape index (κ1) is 29.5. The smallest absolute Gasteiger partial charge is 0.364 e. The van der Waals surface area contributed by atoms with Crippen molar-refractivity contribution in [2.24, 2.45) is 0 Å². The van der Waals surface area contributed by atoms with Crippen molar-refractivity contribution < 1.29 is 19.1 Å². The van der Waals surface area contributed by atoms with E-state index in [2.05, 4.69) is 0 Å². The van der Waals surface area contributed by atoms with Gasteiger partial charge in [-0.3, -0.25) is 0 Å². The molecule has 180 valence electrons. The lowest BCUT2D eigenvalue weighted by Crippen LogP contribution is -2.25. The number of hydrogen-bond acceptors (Lipinski definition) is 4. The van der Waals surface area contributed by atoms with Crippen molar-refractivity contribution in [2.45, 2.75) is 26.8 Å². The van der Waals surface area contributed by atoms with Crippen molar-refractivity contribution in [1.82, 2.24) is 0 Å². The summed E-state index contributed by atoms with van der Waals surface area (Å²) in [6.07, 6.45) is 0. The third-order valence-corrected chi connectivity index (χ3v) is 6.34. The van der Waals surface area contributed by atoms with E-state index in [-0.39, 0.29) is 31.6 Å². The number of ether oxygens (including phenoxy) is 2. The number of esters is 2. The van der Waals surface area contributed by atoms with Crippen LogP contribution in [0.5, 0.6) is 11.5 Å². The summed E-state index contributed by atoms with van der Waals surface area (Å²) < 4.78 is 5.38. The minimum absolute atomic E-state index is 0.0152. The number of rotatable bonds is 4. The molecule has 14 heteroatoms. The summed E-state index contributed by atoms with van der Waals surface area (Å²) in [6.45, 7) is 3.63. The van der Waals surface area contributed by atoms with Crippen molar-refractivity contribution in [2.75, 3.05) is 0 Å². The van der Waals surface area contributed by atoms with E-state index in [1.165, 1.54) is 24.3 Å². The Bertz CT molecular complexity index is 971. The Morgan fingerprint density at radius 1 is 0.606 bits per heavy atom. The van der Waals surface area contributed by atoms with Crippen LogP contribution in [0.15, 0.2) is 24.3 Å². The molecule has 0 unspecified atom stereocenters. The molecule has 0 aromatic heterocycles. The van der Waals surface area contributed by atoms with Gasteiger partial charge in [0.25, 0.3) is 7.59 Å². The molecule has 0 bridgehead atoms. The standard InChI is InChI=1S/C19H10Cl10O4/c1-17(2,7-3-9(20)13(10(21)4-7)32-15(30)18(24,25)26)8-5-11(22)14(12(23)6-8)33-16(31)19(27,28)29/h3-6H,1-2H3. The Hall–Kier alpha value is 0.280. The second-order valence-corrected chi connectivity index (χ2v) is 13.1. The summed E-state index contributed by atoms with van der Waals surface area (Å²) in [6, 6.07) is 6.03. The van der Waals surface area contributed by atoms with Crippen LogP contribution in [0.3, 0.4) is 0 Å². The second kappa shape index (κ2) is 10.7. The molecular weight excluding hydrogens is 647 g/mol. The maximum absolute atomic E-state index is 11.9. The Labute approximate surface area is 239 Å². The molecule has 0 amide bonds. The van der Waals surface area contributed by atoms with Gasteiger partial charge in [-0.05, 0) is 35.4 Å². The third kappa shape index (κ3) is 7.16. The highest BCUT2D eigenvalue weighted by atomic mass is 35.6. The van der Waals surface area contributed by atoms with E-state index in [0.717, 1.165) is 0 Å². The van der Waals surface area contributed by atoms with E-state index in [0.29, 0.717) is 11.1 Å². The summed E-state index contributed by atoms with van der Waals surface area (Å²) >= 11 is 58.2. The summed E-state index contributed by atoms with van der Waals surface area (Å²) in [5, 5.41) is -0.0608. The quantitative estimate of drug-likeness (QED) is 0.187. The van der Waals surface area contributed by atoms with Gasteiger partial charge in [0.15, 0.2) is 11.5 Å². The van der Waals surface area contributed by atoms with Crippen LogP contribution in [-0.4, -0.2) is 19.5 Å². The lowest BCUT2D eigenvalue weighted by Gasteiger charge is -2.28. The van der Waals surface area contributed by atoms with E-state index in [9.17, 15) is 9.59 Å². The Kier molecular flexibility index (Phi) is 9.59. The van der Waals surface area contributed by atoms with Crippen LogP contribution in [0.1, 0.15) is 25.0 Å². The number of hydrogen-bond donors (Lipinski definition) is 0. The molecule has 0 fully saturated rings. The van der Waals surface area contributed by atoms with E-state index in [1.54, 1.807) is 0 Å². The fourth-order valence-corrected chi connectivity index (χ4v) is 3.86. The number of halogens is 10. The number of carbonyl (C=O) groups excluding carboxylic acids is 2. The molecule has 0 saturated carbocycles. The molecule has 0 N–H and O–H groups in total. The Morgan fingerprint density at radius 3 is 1.06 bits per heavy atom. The summed E-state index contributed by atoms with van der Waals surface area (Å²) in [5.74, 6) is -2.72. The molecule has 2 aromatic carbocycles. The monoisotopic (exact) mass is 652 g/mol. The first-order chi connectivity index (χ1) is 14.9. The largest absolute Gasteiger partial charge is 0.420 e. The lowest BCUT2D eigenvalue weighted by atomic mass is 9.78. The molecule has 0 saturated heterocycles. The summed E-state index contributed by atoms with van der Waals surface area (Å²) in [5.41, 5.74) is 0.379. The van der Waals surface area contributed by atoms with Crippen molar-refractivity contribution >= 4 is 128 Å². The zero-order valence-corrected chi connectivity index (χ0v) is 23.8. The van der Waals surface area contributed by atoms with Gasteiger partial charge in [-0.1, -0.05) is 130 Å². The van der Waals surface area contributed by atoms with Gasteiger partial charge in [0.1, 0.15) is 0 Å². The lowest BCUT2D eigenvalue weighted by molar-refractivity contribution is -0.134. The molecule has 0 radical (unpaired) electrons. The van der Waals surface area contributed by atoms with Gasteiger partial charge >= 0.3 is 11.9 Å².